The van der Waals surface area contributed by atoms with E-state index in [1.807, 2.05) is 19.1 Å². The molecule has 3 rings (SSSR count). The fourth-order valence-corrected chi connectivity index (χ4v) is 2.27. The van der Waals surface area contributed by atoms with Crippen molar-refractivity contribution in [3.05, 3.63) is 52.8 Å². The van der Waals surface area contributed by atoms with Gasteiger partial charge in [0.1, 0.15) is 11.6 Å². The Morgan fingerprint density at radius 2 is 1.95 bits per heavy atom. The van der Waals surface area contributed by atoms with Gasteiger partial charge in [0.2, 0.25) is 0 Å². The lowest BCUT2D eigenvalue weighted by atomic mass is 10.1. The number of hydrogen-bond acceptors (Lipinski definition) is 3. The van der Waals surface area contributed by atoms with Crippen molar-refractivity contribution in [2.75, 3.05) is 5.73 Å². The van der Waals surface area contributed by atoms with Crippen LogP contribution >= 0.6 is 11.6 Å². The highest BCUT2D eigenvalue weighted by Gasteiger charge is 2.11. The van der Waals surface area contributed by atoms with Crippen molar-refractivity contribution < 1.29 is 4.39 Å². The molecular formula is C15H11ClFN3. The molecule has 20 heavy (non-hydrogen) atoms. The summed E-state index contributed by atoms with van der Waals surface area (Å²) in [5.74, 6) is 0.411. The first kappa shape index (κ1) is 12.8. The second-order valence-corrected chi connectivity index (χ2v) is 4.91. The highest BCUT2D eigenvalue weighted by atomic mass is 35.5. The Hall–Kier alpha value is -2.20. The number of nitrogen functional groups attached to an aromatic ring is 1. The molecule has 0 amide bonds. The quantitative estimate of drug-likeness (QED) is 0.736. The highest BCUT2D eigenvalue weighted by molar-refractivity contribution is 6.31. The van der Waals surface area contributed by atoms with E-state index in [-0.39, 0.29) is 5.82 Å². The first-order valence-electron chi connectivity index (χ1n) is 6.04. The summed E-state index contributed by atoms with van der Waals surface area (Å²) < 4.78 is 13.3. The number of anilines is 1. The molecule has 100 valence electrons. The monoisotopic (exact) mass is 287 g/mol. The lowest BCUT2D eigenvalue weighted by molar-refractivity contribution is 0.629. The molecular weight excluding hydrogens is 277 g/mol. The summed E-state index contributed by atoms with van der Waals surface area (Å²) in [7, 11) is 0. The van der Waals surface area contributed by atoms with Gasteiger partial charge < -0.3 is 5.73 Å². The molecule has 0 bridgehead atoms. The molecule has 0 spiro atoms. The van der Waals surface area contributed by atoms with E-state index in [0.29, 0.717) is 27.6 Å². The van der Waals surface area contributed by atoms with E-state index < -0.39 is 0 Å². The van der Waals surface area contributed by atoms with Crippen molar-refractivity contribution in [1.29, 1.82) is 0 Å². The van der Waals surface area contributed by atoms with Crippen molar-refractivity contribution in [3.8, 4) is 11.4 Å². The molecule has 2 aromatic carbocycles. The number of halogens is 2. The standard InChI is InChI=1S/C15H11ClFN3/c1-8-10(3-2-4-12(8)16)15-19-13-7-9(17)5-6-11(13)14(18)20-15/h2-7H,1H3,(H2,18,19,20). The van der Waals surface area contributed by atoms with Gasteiger partial charge >= 0.3 is 0 Å². The molecule has 1 aromatic heterocycles. The summed E-state index contributed by atoms with van der Waals surface area (Å²) in [5.41, 5.74) is 8.06. The number of rotatable bonds is 1. The third kappa shape index (κ3) is 2.08. The van der Waals surface area contributed by atoms with Gasteiger partial charge in [-0.05, 0) is 30.7 Å². The molecule has 3 aromatic rings. The first-order chi connectivity index (χ1) is 9.56. The van der Waals surface area contributed by atoms with Crippen LogP contribution in [-0.2, 0) is 0 Å². The van der Waals surface area contributed by atoms with Crippen LogP contribution in [0.5, 0.6) is 0 Å². The van der Waals surface area contributed by atoms with Crippen LogP contribution in [0.1, 0.15) is 5.56 Å². The summed E-state index contributed by atoms with van der Waals surface area (Å²) >= 11 is 6.10. The summed E-state index contributed by atoms with van der Waals surface area (Å²) in [6.45, 7) is 1.88. The summed E-state index contributed by atoms with van der Waals surface area (Å²) in [4.78, 5) is 8.67. The topological polar surface area (TPSA) is 51.8 Å². The fraction of sp³-hybridized carbons (Fsp3) is 0.0667. The molecule has 0 fully saturated rings. The molecule has 2 N–H and O–H groups in total. The van der Waals surface area contributed by atoms with Gasteiger partial charge in [0, 0.05) is 22.0 Å². The van der Waals surface area contributed by atoms with Gasteiger partial charge in [0.05, 0.1) is 5.52 Å². The molecule has 5 heteroatoms. The number of benzene rings is 2. The minimum Gasteiger partial charge on any atom is -0.383 e. The number of hydrogen-bond donors (Lipinski definition) is 1. The Labute approximate surface area is 120 Å². The summed E-state index contributed by atoms with van der Waals surface area (Å²) in [6, 6.07) is 9.74. The minimum atomic E-state index is -0.357. The molecule has 0 saturated heterocycles. The number of aromatic nitrogens is 2. The van der Waals surface area contributed by atoms with Crippen molar-refractivity contribution in [2.24, 2.45) is 0 Å². The van der Waals surface area contributed by atoms with E-state index in [1.54, 1.807) is 12.1 Å². The third-order valence-electron chi connectivity index (χ3n) is 3.20. The lowest BCUT2D eigenvalue weighted by Crippen LogP contribution is -1.99. The van der Waals surface area contributed by atoms with Gasteiger partial charge in [-0.3, -0.25) is 0 Å². The smallest absolute Gasteiger partial charge is 0.162 e. The Bertz CT molecular complexity index is 818. The van der Waals surface area contributed by atoms with E-state index in [1.165, 1.54) is 12.1 Å². The van der Waals surface area contributed by atoms with Crippen LogP contribution < -0.4 is 5.73 Å². The van der Waals surface area contributed by atoms with E-state index in [9.17, 15) is 4.39 Å². The van der Waals surface area contributed by atoms with Crippen LogP contribution in [-0.4, -0.2) is 9.97 Å². The predicted octanol–water partition coefficient (Wildman–Crippen LogP) is 3.98. The van der Waals surface area contributed by atoms with Gasteiger partial charge in [-0.1, -0.05) is 23.7 Å². The molecule has 0 saturated carbocycles. The first-order valence-corrected chi connectivity index (χ1v) is 6.42. The molecule has 0 aliphatic carbocycles. The SMILES string of the molecule is Cc1c(Cl)cccc1-c1nc(N)c2ccc(F)cc2n1. The van der Waals surface area contributed by atoms with Crippen LogP contribution in [0, 0.1) is 12.7 Å². The molecule has 0 atom stereocenters. The number of nitrogens with two attached hydrogens (primary N) is 1. The Morgan fingerprint density at radius 3 is 2.75 bits per heavy atom. The molecule has 0 radical (unpaired) electrons. The van der Waals surface area contributed by atoms with Crippen molar-refractivity contribution in [2.45, 2.75) is 6.92 Å². The average molecular weight is 288 g/mol. The van der Waals surface area contributed by atoms with E-state index in [0.717, 1.165) is 11.1 Å². The number of fused-ring (bicyclic) bond motifs is 1. The summed E-state index contributed by atoms with van der Waals surface area (Å²) in [6.07, 6.45) is 0. The largest absolute Gasteiger partial charge is 0.383 e. The zero-order valence-corrected chi connectivity index (χ0v) is 11.4. The molecule has 0 aliphatic rings. The van der Waals surface area contributed by atoms with Crippen LogP contribution in [0.3, 0.4) is 0 Å². The minimum absolute atomic E-state index is 0.323. The van der Waals surface area contributed by atoms with Gasteiger partial charge in [0.25, 0.3) is 0 Å². The summed E-state index contributed by atoms with van der Waals surface area (Å²) in [5, 5.41) is 1.26. The normalized spacial score (nSPS) is 10.9. The Morgan fingerprint density at radius 1 is 1.15 bits per heavy atom. The van der Waals surface area contributed by atoms with Crippen molar-refractivity contribution in [1.82, 2.24) is 9.97 Å². The van der Waals surface area contributed by atoms with Gasteiger partial charge in [0.15, 0.2) is 5.82 Å². The molecule has 0 unspecified atom stereocenters. The number of nitrogens with zero attached hydrogens (tertiary/aromatic N) is 2. The van der Waals surface area contributed by atoms with E-state index in [2.05, 4.69) is 9.97 Å². The van der Waals surface area contributed by atoms with Crippen molar-refractivity contribution in [3.63, 3.8) is 0 Å². The van der Waals surface area contributed by atoms with Crippen molar-refractivity contribution >= 4 is 28.3 Å². The maximum absolute atomic E-state index is 13.3. The maximum atomic E-state index is 13.3. The van der Waals surface area contributed by atoms with Gasteiger partial charge in [-0.2, -0.15) is 0 Å². The second-order valence-electron chi connectivity index (χ2n) is 4.51. The molecule has 3 nitrogen and oxygen atoms in total. The third-order valence-corrected chi connectivity index (χ3v) is 3.61. The van der Waals surface area contributed by atoms with E-state index >= 15 is 0 Å². The zero-order chi connectivity index (χ0) is 14.3. The molecule has 1 heterocycles. The van der Waals surface area contributed by atoms with E-state index in [4.69, 9.17) is 17.3 Å². The highest BCUT2D eigenvalue weighted by Crippen LogP contribution is 2.28. The van der Waals surface area contributed by atoms with Gasteiger partial charge in [-0.25, -0.2) is 14.4 Å². The van der Waals surface area contributed by atoms with Crippen LogP contribution in [0.4, 0.5) is 10.2 Å². The Balaban J connectivity index is 2.29. The predicted molar refractivity (Wildman–Crippen MR) is 79.1 cm³/mol. The lowest BCUT2D eigenvalue weighted by Gasteiger charge is -2.09. The molecule has 0 aliphatic heterocycles. The van der Waals surface area contributed by atoms with Crippen LogP contribution in [0.2, 0.25) is 5.02 Å². The average Bonchev–Trinajstić information content (AvgIpc) is 2.41. The van der Waals surface area contributed by atoms with Gasteiger partial charge in [-0.15, -0.1) is 0 Å². The Kier molecular flexibility index (Phi) is 3.03. The maximum Gasteiger partial charge on any atom is 0.162 e. The van der Waals surface area contributed by atoms with Crippen LogP contribution in [0.25, 0.3) is 22.3 Å². The fourth-order valence-electron chi connectivity index (χ4n) is 2.10. The van der Waals surface area contributed by atoms with Crippen LogP contribution in [0.15, 0.2) is 36.4 Å². The second kappa shape index (κ2) is 4.72. The zero-order valence-electron chi connectivity index (χ0n) is 10.7.